The number of hydrogen-bond acceptors (Lipinski definition) is 7. The molecule has 11 heteroatoms. The summed E-state index contributed by atoms with van der Waals surface area (Å²) in [5.74, 6) is -0.210. The van der Waals surface area contributed by atoms with Crippen molar-refractivity contribution in [1.29, 1.82) is 0 Å². The van der Waals surface area contributed by atoms with Crippen molar-refractivity contribution in [2.45, 2.75) is 32.4 Å². The predicted molar refractivity (Wildman–Crippen MR) is 156 cm³/mol. The monoisotopic (exact) mass is 567 g/mol. The standard InChI is InChI=1S/C30H41N5O6/c1-21-18-35(22(2)20-36)29(38)25-17-24(31-28(37)11-12-34-13-15-40-16-14-34)9-10-26(25)41-27(21)19-33(3)30(39)32-23-7-5-4-6-8-23/h4-10,17,21-22,27,36H,11-16,18-20H2,1-3H3,(H,31,37)(H,32,39)/t21-,22-,27-/m1/s1. The molecule has 0 radical (unpaired) electrons. The number of fused-ring (bicyclic) bond motifs is 1. The summed E-state index contributed by atoms with van der Waals surface area (Å²) in [6.45, 7) is 7.74. The zero-order chi connectivity index (χ0) is 29.4. The molecule has 0 bridgehead atoms. The van der Waals surface area contributed by atoms with Gasteiger partial charge in [-0.15, -0.1) is 0 Å². The summed E-state index contributed by atoms with van der Waals surface area (Å²) in [6.07, 6.45) is -0.109. The summed E-state index contributed by atoms with van der Waals surface area (Å²) in [5.41, 5.74) is 1.48. The van der Waals surface area contributed by atoms with Gasteiger partial charge < -0.3 is 35.0 Å². The Kier molecular flexibility index (Phi) is 10.6. The molecule has 3 N–H and O–H groups in total. The molecule has 0 saturated carbocycles. The number of nitrogens with one attached hydrogen (secondary N) is 2. The number of carbonyl (C=O) groups is 3. The highest BCUT2D eigenvalue weighted by Crippen LogP contribution is 2.31. The molecule has 2 aliphatic rings. The van der Waals surface area contributed by atoms with Crippen molar-refractivity contribution in [1.82, 2.24) is 14.7 Å². The number of carbonyl (C=O) groups excluding carboxylic acids is 3. The SMILES string of the molecule is C[C@@H]1CN([C@H](C)CO)C(=O)c2cc(NC(=O)CCN3CCOCC3)ccc2O[C@@H]1CN(C)C(=O)Nc1ccccc1. The quantitative estimate of drug-likeness (QED) is 0.426. The number of nitrogens with zero attached hydrogens (tertiary/aromatic N) is 3. The van der Waals surface area contributed by atoms with E-state index in [0.29, 0.717) is 55.4 Å². The second-order valence-electron chi connectivity index (χ2n) is 10.8. The van der Waals surface area contributed by atoms with E-state index in [1.165, 1.54) is 0 Å². The van der Waals surface area contributed by atoms with Gasteiger partial charge in [-0.2, -0.15) is 0 Å². The van der Waals surface area contributed by atoms with Gasteiger partial charge in [0, 0.05) is 56.9 Å². The molecule has 4 amide bonds. The Hall–Kier alpha value is -3.67. The predicted octanol–water partition coefficient (Wildman–Crippen LogP) is 2.73. The molecule has 0 unspecified atom stereocenters. The number of benzene rings is 2. The minimum absolute atomic E-state index is 0.145. The van der Waals surface area contributed by atoms with Crippen molar-refractivity contribution >= 4 is 29.2 Å². The van der Waals surface area contributed by atoms with Crippen LogP contribution in [0.5, 0.6) is 5.75 Å². The van der Waals surface area contributed by atoms with Gasteiger partial charge in [0.1, 0.15) is 11.9 Å². The first-order valence-corrected chi connectivity index (χ1v) is 14.1. The summed E-state index contributed by atoms with van der Waals surface area (Å²) in [6, 6.07) is 13.5. The number of amides is 4. The van der Waals surface area contributed by atoms with E-state index >= 15 is 0 Å². The first kappa shape index (κ1) is 30.3. The van der Waals surface area contributed by atoms with Gasteiger partial charge in [-0.05, 0) is 37.3 Å². The summed E-state index contributed by atoms with van der Waals surface area (Å²) in [4.78, 5) is 44.6. The Morgan fingerprint density at radius 1 is 1.10 bits per heavy atom. The van der Waals surface area contributed by atoms with E-state index in [1.54, 1.807) is 42.0 Å². The number of para-hydroxylation sites is 1. The number of aliphatic hydroxyl groups is 1. The molecule has 11 nitrogen and oxygen atoms in total. The van der Waals surface area contributed by atoms with Crippen LogP contribution in [-0.2, 0) is 9.53 Å². The molecule has 222 valence electrons. The van der Waals surface area contributed by atoms with Crippen LogP contribution in [0.25, 0.3) is 0 Å². The molecule has 1 saturated heterocycles. The normalized spacial score (nSPS) is 20.2. The largest absolute Gasteiger partial charge is 0.487 e. The molecule has 0 aromatic heterocycles. The van der Waals surface area contributed by atoms with Gasteiger partial charge in [0.05, 0.1) is 38.0 Å². The third kappa shape index (κ3) is 8.18. The number of hydrogen-bond donors (Lipinski definition) is 3. The lowest BCUT2D eigenvalue weighted by atomic mass is 9.99. The summed E-state index contributed by atoms with van der Waals surface area (Å²) in [5, 5.41) is 15.7. The molecule has 2 aromatic rings. The number of likely N-dealkylation sites (N-methyl/N-ethyl adjacent to an activating group) is 1. The van der Waals surface area contributed by atoms with E-state index in [0.717, 1.165) is 13.1 Å². The van der Waals surface area contributed by atoms with Gasteiger partial charge in [-0.3, -0.25) is 14.5 Å². The minimum Gasteiger partial charge on any atom is -0.487 e. The van der Waals surface area contributed by atoms with Crippen molar-refractivity contribution < 1.29 is 29.0 Å². The number of morpholine rings is 1. The van der Waals surface area contributed by atoms with Gasteiger partial charge in [-0.25, -0.2) is 4.79 Å². The highest BCUT2D eigenvalue weighted by atomic mass is 16.5. The lowest BCUT2D eigenvalue weighted by molar-refractivity contribution is -0.116. The van der Waals surface area contributed by atoms with Crippen molar-refractivity contribution in [2.24, 2.45) is 5.92 Å². The first-order chi connectivity index (χ1) is 19.7. The molecule has 2 aromatic carbocycles. The zero-order valence-corrected chi connectivity index (χ0v) is 24.0. The first-order valence-electron chi connectivity index (χ1n) is 14.1. The van der Waals surface area contributed by atoms with Crippen LogP contribution in [0.3, 0.4) is 0 Å². The van der Waals surface area contributed by atoms with Crippen LogP contribution in [0.15, 0.2) is 48.5 Å². The second kappa shape index (κ2) is 14.3. The van der Waals surface area contributed by atoms with Crippen LogP contribution < -0.4 is 15.4 Å². The average molecular weight is 568 g/mol. The maximum atomic E-state index is 13.7. The van der Waals surface area contributed by atoms with E-state index in [9.17, 15) is 19.5 Å². The maximum Gasteiger partial charge on any atom is 0.321 e. The van der Waals surface area contributed by atoms with Gasteiger partial charge in [0.2, 0.25) is 5.91 Å². The lowest BCUT2D eigenvalue weighted by Crippen LogP contribution is -2.50. The molecular formula is C30H41N5O6. The molecule has 1 fully saturated rings. The third-order valence-corrected chi connectivity index (χ3v) is 7.53. The molecule has 41 heavy (non-hydrogen) atoms. The Balaban J connectivity index is 1.49. The Labute approximate surface area is 241 Å². The Morgan fingerprint density at radius 2 is 1.83 bits per heavy atom. The summed E-state index contributed by atoms with van der Waals surface area (Å²) >= 11 is 0. The van der Waals surface area contributed by atoms with Crippen LogP contribution in [-0.4, -0.2) is 109 Å². The van der Waals surface area contributed by atoms with Crippen molar-refractivity contribution in [3.63, 3.8) is 0 Å². The van der Waals surface area contributed by atoms with Crippen LogP contribution >= 0.6 is 0 Å². The van der Waals surface area contributed by atoms with E-state index < -0.39 is 12.1 Å². The van der Waals surface area contributed by atoms with E-state index in [2.05, 4.69) is 15.5 Å². The molecular weight excluding hydrogens is 526 g/mol. The fraction of sp³-hybridized carbons (Fsp3) is 0.500. The lowest BCUT2D eigenvalue weighted by Gasteiger charge is -2.38. The fourth-order valence-corrected chi connectivity index (χ4v) is 4.92. The number of urea groups is 1. The molecule has 2 aliphatic heterocycles. The smallest absolute Gasteiger partial charge is 0.321 e. The van der Waals surface area contributed by atoms with Crippen LogP contribution in [0.1, 0.15) is 30.6 Å². The Bertz CT molecular complexity index is 1190. The third-order valence-electron chi connectivity index (χ3n) is 7.53. The van der Waals surface area contributed by atoms with Gasteiger partial charge in [0.15, 0.2) is 0 Å². The fourth-order valence-electron chi connectivity index (χ4n) is 4.92. The maximum absolute atomic E-state index is 13.7. The van der Waals surface area contributed by atoms with Crippen molar-refractivity contribution in [3.8, 4) is 5.75 Å². The van der Waals surface area contributed by atoms with Crippen molar-refractivity contribution in [2.75, 3.05) is 70.2 Å². The highest BCUT2D eigenvalue weighted by Gasteiger charge is 2.34. The molecule has 2 heterocycles. The topological polar surface area (TPSA) is 124 Å². The number of anilines is 2. The Morgan fingerprint density at radius 3 is 2.54 bits per heavy atom. The van der Waals surface area contributed by atoms with E-state index in [1.807, 2.05) is 37.3 Å². The zero-order valence-electron chi connectivity index (χ0n) is 24.0. The van der Waals surface area contributed by atoms with Crippen molar-refractivity contribution in [3.05, 3.63) is 54.1 Å². The summed E-state index contributed by atoms with van der Waals surface area (Å²) < 4.78 is 11.7. The molecule has 3 atom stereocenters. The van der Waals surface area contributed by atoms with Gasteiger partial charge in [-0.1, -0.05) is 25.1 Å². The highest BCUT2D eigenvalue weighted by molar-refractivity contribution is 6.00. The van der Waals surface area contributed by atoms with Gasteiger partial charge >= 0.3 is 6.03 Å². The molecule has 0 spiro atoms. The number of ether oxygens (including phenoxy) is 2. The average Bonchev–Trinajstić information content (AvgIpc) is 2.98. The summed E-state index contributed by atoms with van der Waals surface area (Å²) in [7, 11) is 1.70. The van der Waals surface area contributed by atoms with E-state index in [4.69, 9.17) is 9.47 Å². The van der Waals surface area contributed by atoms with Crippen LogP contribution in [0.2, 0.25) is 0 Å². The van der Waals surface area contributed by atoms with Gasteiger partial charge in [0.25, 0.3) is 5.91 Å². The van der Waals surface area contributed by atoms with E-state index in [-0.39, 0.29) is 36.9 Å². The number of rotatable bonds is 9. The molecule has 0 aliphatic carbocycles. The second-order valence-corrected chi connectivity index (χ2v) is 10.8. The van der Waals surface area contributed by atoms with Crippen LogP contribution in [0, 0.1) is 5.92 Å². The number of aliphatic hydroxyl groups excluding tert-OH is 1. The van der Waals surface area contributed by atoms with Crippen LogP contribution in [0.4, 0.5) is 16.2 Å². The minimum atomic E-state index is -0.435. The molecule has 4 rings (SSSR count).